The van der Waals surface area contributed by atoms with E-state index in [-0.39, 0.29) is 0 Å². The zero-order valence-electron chi connectivity index (χ0n) is 13.5. The summed E-state index contributed by atoms with van der Waals surface area (Å²) in [5.41, 5.74) is 3.22. The Morgan fingerprint density at radius 3 is 2.81 bits per heavy atom. The van der Waals surface area contributed by atoms with E-state index in [1.807, 2.05) is 0 Å². The first-order valence-corrected chi connectivity index (χ1v) is 8.80. The van der Waals surface area contributed by atoms with Gasteiger partial charge in [0.15, 0.2) is 0 Å². The Morgan fingerprint density at radius 1 is 1.14 bits per heavy atom. The maximum Gasteiger partial charge on any atom is 0.00473 e. The van der Waals surface area contributed by atoms with Crippen LogP contribution in [0.15, 0.2) is 24.3 Å². The van der Waals surface area contributed by atoms with Crippen molar-refractivity contribution in [1.29, 1.82) is 0 Å². The summed E-state index contributed by atoms with van der Waals surface area (Å²) in [6, 6.07) is 9.10. The lowest BCUT2D eigenvalue weighted by atomic mass is 9.82. The van der Waals surface area contributed by atoms with Gasteiger partial charge in [-0.3, -0.25) is 0 Å². The van der Waals surface area contributed by atoms with Gasteiger partial charge in [0.1, 0.15) is 0 Å². The van der Waals surface area contributed by atoms with Crippen molar-refractivity contribution in [3.8, 4) is 0 Å². The minimum absolute atomic E-state index is 0.757. The van der Waals surface area contributed by atoms with E-state index in [4.69, 9.17) is 0 Å². The molecule has 0 amide bonds. The first kappa shape index (κ1) is 15.1. The minimum Gasteiger partial charge on any atom is -0.317 e. The number of likely N-dealkylation sites (N-methyl/N-ethyl adjacent to an activating group) is 1. The molecule has 21 heavy (non-hydrogen) atoms. The second kappa shape index (κ2) is 7.42. The maximum absolute atomic E-state index is 3.47. The van der Waals surface area contributed by atoms with Gasteiger partial charge in [-0.25, -0.2) is 0 Å². The lowest BCUT2D eigenvalue weighted by Gasteiger charge is -2.30. The lowest BCUT2D eigenvalue weighted by molar-refractivity contribution is 0.253. The molecule has 1 saturated heterocycles. The Balaban J connectivity index is 1.49. The van der Waals surface area contributed by atoms with Crippen LogP contribution in [0.2, 0.25) is 0 Å². The van der Waals surface area contributed by atoms with Gasteiger partial charge in [0.05, 0.1) is 0 Å². The van der Waals surface area contributed by atoms with Crippen molar-refractivity contribution in [3.05, 3.63) is 35.4 Å². The van der Waals surface area contributed by atoms with Gasteiger partial charge in [0, 0.05) is 6.54 Å². The van der Waals surface area contributed by atoms with Gasteiger partial charge in [0.25, 0.3) is 0 Å². The highest BCUT2D eigenvalue weighted by Crippen LogP contribution is 2.32. The van der Waals surface area contributed by atoms with Crippen molar-refractivity contribution < 1.29 is 0 Å². The Kier molecular flexibility index (Phi) is 5.32. The van der Waals surface area contributed by atoms with Crippen LogP contribution in [0.3, 0.4) is 0 Å². The SMILES string of the molecule is CN(CCC1CCNCC1)CC1CCCc2ccccc21. The van der Waals surface area contributed by atoms with Crippen LogP contribution in [0.5, 0.6) is 0 Å². The molecule has 1 heterocycles. The fraction of sp³-hybridized carbons (Fsp3) is 0.684. The second-order valence-corrected chi connectivity index (χ2v) is 7.03. The van der Waals surface area contributed by atoms with Crippen LogP contribution in [0, 0.1) is 5.92 Å². The summed E-state index contributed by atoms with van der Waals surface area (Å²) in [6.07, 6.45) is 8.15. The van der Waals surface area contributed by atoms with Crippen LogP contribution in [-0.4, -0.2) is 38.1 Å². The van der Waals surface area contributed by atoms with Crippen LogP contribution in [-0.2, 0) is 6.42 Å². The average Bonchev–Trinajstić information content (AvgIpc) is 2.54. The predicted octanol–water partition coefficient (Wildman–Crippen LogP) is 3.43. The largest absolute Gasteiger partial charge is 0.317 e. The first-order valence-electron chi connectivity index (χ1n) is 8.80. The van der Waals surface area contributed by atoms with Crippen LogP contribution in [0.4, 0.5) is 0 Å². The molecular weight excluding hydrogens is 256 g/mol. The molecule has 1 N–H and O–H groups in total. The molecule has 0 aromatic heterocycles. The molecular formula is C19H30N2. The summed E-state index contributed by atoms with van der Waals surface area (Å²) in [5, 5.41) is 3.47. The van der Waals surface area contributed by atoms with Crippen LogP contribution < -0.4 is 5.32 Å². The lowest BCUT2D eigenvalue weighted by Crippen LogP contribution is -2.32. The number of hydrogen-bond acceptors (Lipinski definition) is 2. The van der Waals surface area contributed by atoms with Crippen molar-refractivity contribution in [2.75, 3.05) is 33.2 Å². The van der Waals surface area contributed by atoms with Crippen molar-refractivity contribution in [2.24, 2.45) is 5.92 Å². The van der Waals surface area contributed by atoms with Crippen LogP contribution in [0.1, 0.15) is 49.1 Å². The summed E-state index contributed by atoms with van der Waals surface area (Å²) < 4.78 is 0. The summed E-state index contributed by atoms with van der Waals surface area (Å²) >= 11 is 0. The van der Waals surface area contributed by atoms with E-state index < -0.39 is 0 Å². The number of fused-ring (bicyclic) bond motifs is 1. The molecule has 2 aliphatic rings. The fourth-order valence-electron chi connectivity index (χ4n) is 4.09. The van der Waals surface area contributed by atoms with Crippen LogP contribution in [0.25, 0.3) is 0 Å². The molecule has 1 unspecified atom stereocenters. The van der Waals surface area contributed by atoms with Crippen molar-refractivity contribution >= 4 is 0 Å². The van der Waals surface area contributed by atoms with Crippen molar-refractivity contribution in [2.45, 2.75) is 44.4 Å². The topological polar surface area (TPSA) is 15.3 Å². The Hall–Kier alpha value is -0.860. The zero-order valence-corrected chi connectivity index (χ0v) is 13.5. The van der Waals surface area contributed by atoms with Gasteiger partial charge in [-0.05, 0) is 88.2 Å². The summed E-state index contributed by atoms with van der Waals surface area (Å²) in [6.45, 7) is 4.96. The molecule has 2 heteroatoms. The van der Waals surface area contributed by atoms with E-state index in [2.05, 4.69) is 41.5 Å². The summed E-state index contributed by atoms with van der Waals surface area (Å²) in [5.74, 6) is 1.71. The molecule has 1 aromatic rings. The van der Waals surface area contributed by atoms with E-state index in [0.29, 0.717) is 0 Å². The van der Waals surface area contributed by atoms with Gasteiger partial charge in [-0.15, -0.1) is 0 Å². The smallest absolute Gasteiger partial charge is 0.00473 e. The molecule has 0 bridgehead atoms. The molecule has 2 nitrogen and oxygen atoms in total. The Labute approximate surface area is 129 Å². The number of benzene rings is 1. The Morgan fingerprint density at radius 2 is 1.95 bits per heavy atom. The minimum atomic E-state index is 0.757. The van der Waals surface area contributed by atoms with Crippen molar-refractivity contribution in [1.82, 2.24) is 10.2 Å². The number of nitrogens with one attached hydrogen (secondary N) is 1. The van der Waals surface area contributed by atoms with E-state index >= 15 is 0 Å². The number of nitrogens with zero attached hydrogens (tertiary/aromatic N) is 1. The number of hydrogen-bond donors (Lipinski definition) is 1. The number of aryl methyl sites for hydroxylation is 1. The molecule has 1 aliphatic heterocycles. The fourth-order valence-corrected chi connectivity index (χ4v) is 4.09. The van der Waals surface area contributed by atoms with E-state index in [1.54, 1.807) is 11.1 Å². The van der Waals surface area contributed by atoms with Crippen LogP contribution >= 0.6 is 0 Å². The summed E-state index contributed by atoms with van der Waals surface area (Å²) in [4.78, 5) is 2.58. The third-order valence-electron chi connectivity index (χ3n) is 5.40. The third kappa shape index (κ3) is 4.08. The summed E-state index contributed by atoms with van der Waals surface area (Å²) in [7, 11) is 2.32. The first-order chi connectivity index (χ1) is 10.3. The molecule has 0 radical (unpaired) electrons. The van der Waals surface area contributed by atoms with Gasteiger partial charge in [-0.1, -0.05) is 24.3 Å². The van der Waals surface area contributed by atoms with Gasteiger partial charge in [-0.2, -0.15) is 0 Å². The normalized spacial score (nSPS) is 23.2. The highest BCUT2D eigenvalue weighted by molar-refractivity contribution is 5.32. The van der Waals surface area contributed by atoms with E-state index in [1.165, 1.54) is 64.7 Å². The maximum atomic E-state index is 3.47. The molecule has 1 aromatic carbocycles. The second-order valence-electron chi connectivity index (χ2n) is 7.03. The van der Waals surface area contributed by atoms with Gasteiger partial charge >= 0.3 is 0 Å². The molecule has 0 spiro atoms. The molecule has 3 rings (SSSR count). The van der Waals surface area contributed by atoms with Gasteiger partial charge < -0.3 is 10.2 Å². The highest BCUT2D eigenvalue weighted by Gasteiger charge is 2.21. The van der Waals surface area contributed by atoms with Gasteiger partial charge in [0.2, 0.25) is 0 Å². The molecule has 1 atom stereocenters. The quantitative estimate of drug-likeness (QED) is 0.892. The molecule has 1 aliphatic carbocycles. The number of piperidine rings is 1. The monoisotopic (exact) mass is 286 g/mol. The predicted molar refractivity (Wildman–Crippen MR) is 89.8 cm³/mol. The van der Waals surface area contributed by atoms with E-state index in [9.17, 15) is 0 Å². The molecule has 1 fully saturated rings. The average molecular weight is 286 g/mol. The van der Waals surface area contributed by atoms with E-state index in [0.717, 1.165) is 11.8 Å². The zero-order chi connectivity index (χ0) is 14.5. The molecule has 116 valence electrons. The molecule has 0 saturated carbocycles. The standard InChI is InChI=1S/C19H30N2/c1-21(14-11-16-9-12-20-13-10-16)15-18-7-4-6-17-5-2-3-8-19(17)18/h2-3,5,8,16,18,20H,4,6-7,9-15H2,1H3. The van der Waals surface area contributed by atoms with Crippen molar-refractivity contribution in [3.63, 3.8) is 0 Å². The third-order valence-corrected chi connectivity index (χ3v) is 5.40. The highest BCUT2D eigenvalue weighted by atomic mass is 15.1. The number of rotatable bonds is 5. The Bertz CT molecular complexity index is 437.